The molecule has 0 N–H and O–H groups in total. The van der Waals surface area contributed by atoms with E-state index >= 15 is 0 Å². The zero-order chi connectivity index (χ0) is 17.3. The molecule has 2 aromatic carbocycles. The molecule has 3 rings (SSSR count). The van der Waals surface area contributed by atoms with E-state index in [4.69, 9.17) is 23.2 Å². The Morgan fingerprint density at radius 3 is 2.21 bits per heavy atom. The summed E-state index contributed by atoms with van der Waals surface area (Å²) in [6.07, 6.45) is 0. The van der Waals surface area contributed by atoms with Gasteiger partial charge in [-0.05, 0) is 36.4 Å². The number of benzene rings is 2. The standard InChI is InChI=1S/C17H14Cl2F2N2O/c18-13-3-2-12(10-14(13)19)22-5-7-23(8-6-22)17(24)11-1-4-15(20)16(21)9-11/h1-4,9-10H,5-8H2. The Morgan fingerprint density at radius 2 is 1.58 bits per heavy atom. The third-order valence-corrected chi connectivity index (χ3v) is 4.74. The molecule has 0 aromatic heterocycles. The lowest BCUT2D eigenvalue weighted by atomic mass is 10.1. The van der Waals surface area contributed by atoms with Gasteiger partial charge in [-0.2, -0.15) is 0 Å². The number of hydrogen-bond acceptors (Lipinski definition) is 2. The number of amides is 1. The topological polar surface area (TPSA) is 23.6 Å². The Morgan fingerprint density at radius 1 is 0.875 bits per heavy atom. The summed E-state index contributed by atoms with van der Waals surface area (Å²) in [5, 5.41) is 0.974. The van der Waals surface area contributed by atoms with Crippen LogP contribution in [0.1, 0.15) is 10.4 Å². The first-order chi connectivity index (χ1) is 11.5. The molecule has 1 fully saturated rings. The molecule has 0 aliphatic carbocycles. The van der Waals surface area contributed by atoms with E-state index in [0.717, 1.165) is 17.8 Å². The Labute approximate surface area is 148 Å². The van der Waals surface area contributed by atoms with Gasteiger partial charge in [0.15, 0.2) is 11.6 Å². The molecule has 126 valence electrons. The van der Waals surface area contributed by atoms with Crippen LogP contribution in [0, 0.1) is 11.6 Å². The van der Waals surface area contributed by atoms with Gasteiger partial charge in [0.2, 0.25) is 0 Å². The van der Waals surface area contributed by atoms with E-state index in [2.05, 4.69) is 4.90 Å². The van der Waals surface area contributed by atoms with Crippen LogP contribution in [-0.2, 0) is 0 Å². The summed E-state index contributed by atoms with van der Waals surface area (Å²) in [6, 6.07) is 8.60. The van der Waals surface area contributed by atoms with Crippen LogP contribution in [0.4, 0.5) is 14.5 Å². The normalized spacial score (nSPS) is 14.8. The number of nitrogens with zero attached hydrogens (tertiary/aromatic N) is 2. The zero-order valence-corrected chi connectivity index (χ0v) is 14.1. The largest absolute Gasteiger partial charge is 0.368 e. The van der Waals surface area contributed by atoms with E-state index in [1.54, 1.807) is 17.0 Å². The van der Waals surface area contributed by atoms with Crippen LogP contribution in [0.25, 0.3) is 0 Å². The van der Waals surface area contributed by atoms with Crippen LogP contribution in [-0.4, -0.2) is 37.0 Å². The van der Waals surface area contributed by atoms with Crippen molar-refractivity contribution in [2.24, 2.45) is 0 Å². The maximum absolute atomic E-state index is 13.3. The van der Waals surface area contributed by atoms with Gasteiger partial charge >= 0.3 is 0 Å². The molecular weight excluding hydrogens is 357 g/mol. The Kier molecular flexibility index (Phi) is 4.92. The van der Waals surface area contributed by atoms with Crippen LogP contribution >= 0.6 is 23.2 Å². The smallest absolute Gasteiger partial charge is 0.254 e. The van der Waals surface area contributed by atoms with Crippen LogP contribution in [0.15, 0.2) is 36.4 Å². The predicted molar refractivity (Wildman–Crippen MR) is 90.9 cm³/mol. The predicted octanol–water partition coefficient (Wildman–Crippen LogP) is 4.23. The van der Waals surface area contributed by atoms with E-state index < -0.39 is 11.6 Å². The molecule has 1 amide bonds. The summed E-state index contributed by atoms with van der Waals surface area (Å²) in [5.74, 6) is -2.28. The molecule has 1 aliphatic heterocycles. The molecule has 7 heteroatoms. The highest BCUT2D eigenvalue weighted by molar-refractivity contribution is 6.42. The van der Waals surface area contributed by atoms with Gasteiger partial charge in [-0.15, -0.1) is 0 Å². The van der Waals surface area contributed by atoms with Crippen molar-refractivity contribution in [3.05, 3.63) is 63.6 Å². The summed E-state index contributed by atoms with van der Waals surface area (Å²) in [5.41, 5.74) is 1.08. The lowest BCUT2D eigenvalue weighted by Gasteiger charge is -2.36. The maximum atomic E-state index is 13.3. The first kappa shape index (κ1) is 17.0. The average molecular weight is 371 g/mol. The van der Waals surface area contributed by atoms with Crippen LogP contribution in [0.5, 0.6) is 0 Å². The molecule has 1 saturated heterocycles. The molecule has 0 spiro atoms. The lowest BCUT2D eigenvalue weighted by Crippen LogP contribution is -2.48. The highest BCUT2D eigenvalue weighted by Crippen LogP contribution is 2.28. The van der Waals surface area contributed by atoms with Gasteiger partial charge in [0.05, 0.1) is 10.0 Å². The lowest BCUT2D eigenvalue weighted by molar-refractivity contribution is 0.0746. The molecule has 0 saturated carbocycles. The minimum atomic E-state index is -1.02. The first-order valence-corrected chi connectivity index (χ1v) is 8.15. The minimum absolute atomic E-state index is 0.150. The fourth-order valence-electron chi connectivity index (χ4n) is 2.66. The summed E-state index contributed by atoms with van der Waals surface area (Å²) in [4.78, 5) is 16.1. The van der Waals surface area contributed by atoms with Crippen molar-refractivity contribution in [1.29, 1.82) is 0 Å². The molecule has 0 bridgehead atoms. The van der Waals surface area contributed by atoms with E-state index in [0.29, 0.717) is 36.2 Å². The average Bonchev–Trinajstić information content (AvgIpc) is 2.59. The van der Waals surface area contributed by atoms with E-state index in [1.165, 1.54) is 6.07 Å². The second kappa shape index (κ2) is 6.95. The van der Waals surface area contributed by atoms with Crippen LogP contribution in [0.3, 0.4) is 0 Å². The van der Waals surface area contributed by atoms with Crippen molar-refractivity contribution >= 4 is 34.8 Å². The molecule has 1 aliphatic rings. The maximum Gasteiger partial charge on any atom is 0.254 e. The number of rotatable bonds is 2. The van der Waals surface area contributed by atoms with E-state index in [-0.39, 0.29) is 11.5 Å². The molecular formula is C17H14Cl2F2N2O. The first-order valence-electron chi connectivity index (χ1n) is 7.40. The van der Waals surface area contributed by atoms with E-state index in [1.807, 2.05) is 6.07 Å². The van der Waals surface area contributed by atoms with Crippen LogP contribution in [0.2, 0.25) is 10.0 Å². The second-order valence-electron chi connectivity index (χ2n) is 5.51. The van der Waals surface area contributed by atoms with Crippen molar-refractivity contribution in [1.82, 2.24) is 4.90 Å². The van der Waals surface area contributed by atoms with E-state index in [9.17, 15) is 13.6 Å². The minimum Gasteiger partial charge on any atom is -0.368 e. The van der Waals surface area contributed by atoms with Gasteiger partial charge in [-0.25, -0.2) is 8.78 Å². The van der Waals surface area contributed by atoms with Crippen molar-refractivity contribution in [2.45, 2.75) is 0 Å². The van der Waals surface area contributed by atoms with Crippen molar-refractivity contribution in [3.63, 3.8) is 0 Å². The van der Waals surface area contributed by atoms with Gasteiger partial charge in [0.1, 0.15) is 0 Å². The van der Waals surface area contributed by atoms with Gasteiger partial charge in [-0.3, -0.25) is 4.79 Å². The zero-order valence-electron chi connectivity index (χ0n) is 12.6. The molecule has 0 unspecified atom stereocenters. The number of piperazine rings is 1. The number of hydrogen-bond donors (Lipinski definition) is 0. The molecule has 2 aromatic rings. The van der Waals surface area contributed by atoms with Gasteiger partial charge in [-0.1, -0.05) is 23.2 Å². The highest BCUT2D eigenvalue weighted by atomic mass is 35.5. The van der Waals surface area contributed by atoms with Gasteiger partial charge < -0.3 is 9.80 Å². The summed E-state index contributed by atoms with van der Waals surface area (Å²) >= 11 is 11.9. The molecule has 0 radical (unpaired) electrons. The van der Waals surface area contributed by atoms with Crippen molar-refractivity contribution in [2.75, 3.05) is 31.1 Å². The summed E-state index contributed by atoms with van der Waals surface area (Å²) in [6.45, 7) is 2.21. The third-order valence-electron chi connectivity index (χ3n) is 4.00. The Balaban J connectivity index is 1.66. The number of halogens is 4. The fourth-order valence-corrected chi connectivity index (χ4v) is 2.95. The molecule has 24 heavy (non-hydrogen) atoms. The number of carbonyl (C=O) groups excluding carboxylic acids is 1. The second-order valence-corrected chi connectivity index (χ2v) is 6.32. The van der Waals surface area contributed by atoms with Crippen molar-refractivity contribution in [3.8, 4) is 0 Å². The SMILES string of the molecule is O=C(c1ccc(F)c(F)c1)N1CCN(c2ccc(Cl)c(Cl)c2)CC1. The Bertz CT molecular complexity index is 777. The van der Waals surface area contributed by atoms with Crippen LogP contribution < -0.4 is 4.90 Å². The monoisotopic (exact) mass is 370 g/mol. The molecule has 1 heterocycles. The molecule has 3 nitrogen and oxygen atoms in total. The third kappa shape index (κ3) is 3.47. The number of carbonyl (C=O) groups is 1. The highest BCUT2D eigenvalue weighted by Gasteiger charge is 2.23. The fraction of sp³-hybridized carbons (Fsp3) is 0.235. The molecule has 0 atom stereocenters. The summed E-state index contributed by atoms with van der Waals surface area (Å²) in [7, 11) is 0. The van der Waals surface area contributed by atoms with Gasteiger partial charge in [0, 0.05) is 37.4 Å². The van der Waals surface area contributed by atoms with Gasteiger partial charge in [0.25, 0.3) is 5.91 Å². The quantitative estimate of drug-likeness (QED) is 0.789. The van der Waals surface area contributed by atoms with Crippen molar-refractivity contribution < 1.29 is 13.6 Å². The Hall–Kier alpha value is -1.85. The number of anilines is 1. The summed E-state index contributed by atoms with van der Waals surface area (Å²) < 4.78 is 26.3.